The zero-order valence-electron chi connectivity index (χ0n) is 10.3. The van der Waals surface area contributed by atoms with Gasteiger partial charge in [-0.3, -0.25) is 4.90 Å². The van der Waals surface area contributed by atoms with Crippen LogP contribution < -0.4 is 0 Å². The smallest absolute Gasteiger partial charge is 0.0945 e. The van der Waals surface area contributed by atoms with Crippen molar-refractivity contribution in [3.63, 3.8) is 0 Å². The lowest BCUT2D eigenvalue weighted by Gasteiger charge is -2.35. The summed E-state index contributed by atoms with van der Waals surface area (Å²) in [6, 6.07) is 0.884. The van der Waals surface area contributed by atoms with E-state index in [2.05, 4.69) is 32.4 Å². The first kappa shape index (κ1) is 11.6. The van der Waals surface area contributed by atoms with Crippen molar-refractivity contribution in [2.45, 2.75) is 31.8 Å². The molecule has 0 amide bonds. The molecule has 0 N–H and O–H groups in total. The average molecular weight is 251 g/mol. The Bertz CT molecular complexity index is 324. The Morgan fingerprint density at radius 1 is 1.24 bits per heavy atom. The summed E-state index contributed by atoms with van der Waals surface area (Å²) in [6.07, 6.45) is 10.0. The molecule has 1 aromatic rings. The van der Waals surface area contributed by atoms with Crippen LogP contribution >= 0.6 is 11.8 Å². The van der Waals surface area contributed by atoms with Crippen molar-refractivity contribution in [3.8, 4) is 0 Å². The fourth-order valence-corrected chi connectivity index (χ4v) is 4.26. The average Bonchev–Trinajstić information content (AvgIpc) is 3.01. The number of rotatable bonds is 3. The normalized spacial score (nSPS) is 27.6. The molecule has 3 heterocycles. The monoisotopic (exact) mass is 251 g/mol. The molecule has 1 aromatic heterocycles. The van der Waals surface area contributed by atoms with Crippen molar-refractivity contribution in [3.05, 3.63) is 18.7 Å². The van der Waals surface area contributed by atoms with Gasteiger partial charge in [-0.1, -0.05) is 0 Å². The number of nitrogens with zero attached hydrogens (tertiary/aromatic N) is 3. The van der Waals surface area contributed by atoms with Gasteiger partial charge in [0, 0.05) is 30.7 Å². The van der Waals surface area contributed by atoms with E-state index in [0.717, 1.165) is 18.5 Å². The van der Waals surface area contributed by atoms with Crippen LogP contribution in [0.5, 0.6) is 0 Å². The molecule has 2 aliphatic rings. The van der Waals surface area contributed by atoms with E-state index in [1.54, 1.807) is 0 Å². The minimum atomic E-state index is 0.856. The zero-order valence-corrected chi connectivity index (χ0v) is 11.1. The quantitative estimate of drug-likeness (QED) is 0.821. The molecule has 0 radical (unpaired) electrons. The van der Waals surface area contributed by atoms with Gasteiger partial charge < -0.3 is 4.57 Å². The predicted molar refractivity (Wildman–Crippen MR) is 72.3 cm³/mol. The Labute approximate surface area is 108 Å². The van der Waals surface area contributed by atoms with Gasteiger partial charge >= 0.3 is 0 Å². The van der Waals surface area contributed by atoms with Gasteiger partial charge in [0.15, 0.2) is 0 Å². The van der Waals surface area contributed by atoms with Gasteiger partial charge in [0.05, 0.1) is 6.33 Å². The summed E-state index contributed by atoms with van der Waals surface area (Å²) in [7, 11) is 0. The van der Waals surface area contributed by atoms with Gasteiger partial charge in [-0.2, -0.15) is 11.8 Å². The molecule has 0 saturated carbocycles. The van der Waals surface area contributed by atoms with E-state index in [-0.39, 0.29) is 0 Å². The molecule has 0 aromatic carbocycles. The van der Waals surface area contributed by atoms with Crippen molar-refractivity contribution >= 4 is 11.8 Å². The van der Waals surface area contributed by atoms with Crippen LogP contribution in [0.15, 0.2) is 18.7 Å². The lowest BCUT2D eigenvalue weighted by atomic mass is 9.95. The topological polar surface area (TPSA) is 21.1 Å². The third-order valence-corrected chi connectivity index (χ3v) is 5.24. The number of imidazole rings is 1. The first-order valence-electron chi connectivity index (χ1n) is 6.69. The molecule has 2 fully saturated rings. The number of aromatic nitrogens is 2. The maximum absolute atomic E-state index is 4.12. The van der Waals surface area contributed by atoms with Gasteiger partial charge in [-0.25, -0.2) is 4.98 Å². The molecule has 2 saturated heterocycles. The highest BCUT2D eigenvalue weighted by Gasteiger charge is 2.27. The molecule has 17 heavy (non-hydrogen) atoms. The molecular formula is C13H21N3S. The van der Waals surface area contributed by atoms with Gasteiger partial charge in [0.25, 0.3) is 0 Å². The second-order valence-electron chi connectivity index (χ2n) is 5.26. The molecule has 4 heteroatoms. The van der Waals surface area contributed by atoms with E-state index in [1.165, 1.54) is 43.9 Å². The van der Waals surface area contributed by atoms with E-state index in [9.17, 15) is 0 Å². The Morgan fingerprint density at radius 3 is 2.76 bits per heavy atom. The number of piperidine rings is 1. The number of hydrogen-bond acceptors (Lipinski definition) is 3. The SMILES string of the molecule is c1cn(CC2CCN(C3CCSC3)CC2)cn1. The van der Waals surface area contributed by atoms with Gasteiger partial charge in [-0.05, 0) is 44.0 Å². The molecule has 1 unspecified atom stereocenters. The summed E-state index contributed by atoms with van der Waals surface area (Å²) in [6.45, 7) is 3.78. The van der Waals surface area contributed by atoms with E-state index in [1.807, 2.05) is 12.5 Å². The van der Waals surface area contributed by atoms with E-state index < -0.39 is 0 Å². The van der Waals surface area contributed by atoms with Gasteiger partial charge in [0.2, 0.25) is 0 Å². The molecular weight excluding hydrogens is 230 g/mol. The molecule has 1 atom stereocenters. The van der Waals surface area contributed by atoms with Crippen molar-refractivity contribution in [1.29, 1.82) is 0 Å². The van der Waals surface area contributed by atoms with E-state index in [0.29, 0.717) is 0 Å². The minimum Gasteiger partial charge on any atom is -0.337 e. The lowest BCUT2D eigenvalue weighted by Crippen LogP contribution is -2.42. The maximum Gasteiger partial charge on any atom is 0.0945 e. The molecule has 3 rings (SSSR count). The fraction of sp³-hybridized carbons (Fsp3) is 0.769. The van der Waals surface area contributed by atoms with Gasteiger partial charge in [-0.15, -0.1) is 0 Å². The van der Waals surface area contributed by atoms with Crippen LogP contribution in [0.1, 0.15) is 19.3 Å². The highest BCUT2D eigenvalue weighted by Crippen LogP contribution is 2.27. The second-order valence-corrected chi connectivity index (χ2v) is 6.41. The van der Waals surface area contributed by atoms with Gasteiger partial charge in [0.1, 0.15) is 0 Å². The number of hydrogen-bond donors (Lipinski definition) is 0. The van der Waals surface area contributed by atoms with Crippen molar-refractivity contribution < 1.29 is 0 Å². The molecule has 94 valence electrons. The first-order valence-corrected chi connectivity index (χ1v) is 7.85. The van der Waals surface area contributed by atoms with Crippen LogP contribution in [0, 0.1) is 5.92 Å². The van der Waals surface area contributed by atoms with E-state index >= 15 is 0 Å². The summed E-state index contributed by atoms with van der Waals surface area (Å²) in [5.41, 5.74) is 0. The van der Waals surface area contributed by atoms with Crippen LogP contribution in [-0.4, -0.2) is 45.1 Å². The summed E-state index contributed by atoms with van der Waals surface area (Å²) >= 11 is 2.13. The standard InChI is InChI=1S/C13H21N3S/c1-5-16(13-3-8-17-10-13)6-2-12(1)9-15-7-4-14-11-15/h4,7,11-13H,1-3,5-6,8-10H2. The summed E-state index contributed by atoms with van der Waals surface area (Å²) in [5, 5.41) is 0. The highest BCUT2D eigenvalue weighted by molar-refractivity contribution is 7.99. The molecule has 2 aliphatic heterocycles. The molecule has 0 spiro atoms. The van der Waals surface area contributed by atoms with Crippen molar-refractivity contribution in [2.24, 2.45) is 5.92 Å². The summed E-state index contributed by atoms with van der Waals surface area (Å²) in [5.74, 6) is 3.60. The molecule has 0 bridgehead atoms. The van der Waals surface area contributed by atoms with E-state index in [4.69, 9.17) is 0 Å². The largest absolute Gasteiger partial charge is 0.337 e. The number of thioether (sulfide) groups is 1. The van der Waals surface area contributed by atoms with Crippen LogP contribution in [0.25, 0.3) is 0 Å². The Morgan fingerprint density at radius 2 is 2.12 bits per heavy atom. The minimum absolute atomic E-state index is 0.856. The summed E-state index contributed by atoms with van der Waals surface area (Å²) in [4.78, 5) is 6.84. The predicted octanol–water partition coefficient (Wildman–Crippen LogP) is 2.10. The third kappa shape index (κ3) is 2.86. The van der Waals surface area contributed by atoms with Crippen molar-refractivity contribution in [2.75, 3.05) is 24.6 Å². The second kappa shape index (κ2) is 5.44. The highest BCUT2D eigenvalue weighted by atomic mass is 32.2. The third-order valence-electron chi connectivity index (χ3n) is 4.10. The zero-order chi connectivity index (χ0) is 11.5. The fourth-order valence-electron chi connectivity index (χ4n) is 3.00. The van der Waals surface area contributed by atoms with Crippen LogP contribution in [0.4, 0.5) is 0 Å². The van der Waals surface area contributed by atoms with Crippen LogP contribution in [0.3, 0.4) is 0 Å². The summed E-state index contributed by atoms with van der Waals surface area (Å²) < 4.78 is 2.23. The van der Waals surface area contributed by atoms with Crippen LogP contribution in [-0.2, 0) is 6.54 Å². The molecule has 0 aliphatic carbocycles. The first-order chi connectivity index (χ1) is 8.42. The lowest BCUT2D eigenvalue weighted by molar-refractivity contribution is 0.136. The van der Waals surface area contributed by atoms with Crippen molar-refractivity contribution in [1.82, 2.24) is 14.5 Å². The van der Waals surface area contributed by atoms with Crippen LogP contribution in [0.2, 0.25) is 0 Å². The maximum atomic E-state index is 4.12. The Balaban J connectivity index is 1.47. The Kier molecular flexibility index (Phi) is 3.71. The number of likely N-dealkylation sites (tertiary alicyclic amines) is 1. The molecule has 3 nitrogen and oxygen atoms in total. The Hall–Kier alpha value is -0.480.